The van der Waals surface area contributed by atoms with Crippen LogP contribution in [0.4, 0.5) is 0 Å². The predicted octanol–water partition coefficient (Wildman–Crippen LogP) is 0.374. The van der Waals surface area contributed by atoms with Crippen LogP contribution in [-0.4, -0.2) is 60.9 Å². The summed E-state index contributed by atoms with van der Waals surface area (Å²) in [5, 5.41) is 13.0. The lowest BCUT2D eigenvalue weighted by Crippen LogP contribution is -2.66. The van der Waals surface area contributed by atoms with E-state index in [2.05, 4.69) is 12.2 Å². The molecular formula is C13H26N2O3. The monoisotopic (exact) mass is 258 g/mol. The van der Waals surface area contributed by atoms with Gasteiger partial charge in [0.2, 0.25) is 5.91 Å². The Labute approximate surface area is 109 Å². The number of carbonyl (C=O) groups excluding carboxylic acids is 1. The number of hydrogen-bond acceptors (Lipinski definition) is 4. The van der Waals surface area contributed by atoms with Crippen LogP contribution in [-0.2, 0) is 9.53 Å². The third kappa shape index (κ3) is 4.23. The number of hydrogen-bond donors (Lipinski definition) is 2. The van der Waals surface area contributed by atoms with E-state index in [1.54, 1.807) is 7.11 Å². The summed E-state index contributed by atoms with van der Waals surface area (Å²) in [5.74, 6) is 0.0321. The lowest BCUT2D eigenvalue weighted by Gasteiger charge is -2.48. The standard InChI is InChI=1S/C13H26N2O3/c1-4-6-13(17)9-15(10-13)11(2)12(16)14-7-5-8-18-3/h11,17H,4-10H2,1-3H3,(H,14,16). The molecule has 0 bridgehead atoms. The zero-order valence-electron chi connectivity index (χ0n) is 11.7. The molecule has 0 radical (unpaired) electrons. The summed E-state index contributed by atoms with van der Waals surface area (Å²) in [5.41, 5.74) is -0.570. The Morgan fingerprint density at radius 3 is 2.78 bits per heavy atom. The minimum atomic E-state index is -0.570. The summed E-state index contributed by atoms with van der Waals surface area (Å²) >= 11 is 0. The molecule has 1 aliphatic rings. The van der Waals surface area contributed by atoms with Crippen LogP contribution in [0.3, 0.4) is 0 Å². The first kappa shape index (κ1) is 15.4. The first-order valence-corrected chi connectivity index (χ1v) is 6.75. The average Bonchev–Trinajstić information content (AvgIpc) is 2.30. The van der Waals surface area contributed by atoms with E-state index in [1.807, 2.05) is 11.8 Å². The number of β-amino-alcohol motifs (C(OH)–C–C–N with tert-alkyl or cyclic N) is 1. The number of likely N-dealkylation sites (tertiary alicyclic amines) is 1. The summed E-state index contributed by atoms with van der Waals surface area (Å²) < 4.78 is 4.92. The molecule has 106 valence electrons. The smallest absolute Gasteiger partial charge is 0.237 e. The van der Waals surface area contributed by atoms with Crippen molar-refractivity contribution in [2.24, 2.45) is 0 Å². The largest absolute Gasteiger partial charge is 0.387 e. The molecule has 1 rings (SSSR count). The van der Waals surface area contributed by atoms with Crippen LogP contribution < -0.4 is 5.32 Å². The molecule has 18 heavy (non-hydrogen) atoms. The number of ether oxygens (including phenoxy) is 1. The fraction of sp³-hybridized carbons (Fsp3) is 0.923. The molecule has 1 atom stereocenters. The zero-order valence-corrected chi connectivity index (χ0v) is 11.7. The van der Waals surface area contributed by atoms with Crippen molar-refractivity contribution in [1.82, 2.24) is 10.2 Å². The van der Waals surface area contributed by atoms with Gasteiger partial charge in [-0.25, -0.2) is 0 Å². The Hall–Kier alpha value is -0.650. The number of carbonyl (C=O) groups is 1. The number of nitrogens with one attached hydrogen (secondary N) is 1. The number of methoxy groups -OCH3 is 1. The van der Waals surface area contributed by atoms with Crippen LogP contribution in [0.1, 0.15) is 33.1 Å². The van der Waals surface area contributed by atoms with E-state index in [4.69, 9.17) is 4.74 Å². The Morgan fingerprint density at radius 2 is 2.22 bits per heavy atom. The van der Waals surface area contributed by atoms with Gasteiger partial charge in [0, 0.05) is 33.4 Å². The quantitative estimate of drug-likeness (QED) is 0.618. The molecule has 0 aromatic carbocycles. The minimum Gasteiger partial charge on any atom is -0.387 e. The highest BCUT2D eigenvalue weighted by Crippen LogP contribution is 2.27. The van der Waals surface area contributed by atoms with Gasteiger partial charge in [-0.2, -0.15) is 0 Å². The number of rotatable bonds is 8. The predicted molar refractivity (Wildman–Crippen MR) is 70.4 cm³/mol. The van der Waals surface area contributed by atoms with E-state index in [-0.39, 0.29) is 11.9 Å². The van der Waals surface area contributed by atoms with E-state index < -0.39 is 5.60 Å². The Balaban J connectivity index is 2.21. The lowest BCUT2D eigenvalue weighted by molar-refractivity contribution is -0.143. The van der Waals surface area contributed by atoms with E-state index in [0.717, 1.165) is 19.3 Å². The second-order valence-corrected chi connectivity index (χ2v) is 5.19. The topological polar surface area (TPSA) is 61.8 Å². The maximum Gasteiger partial charge on any atom is 0.237 e. The molecule has 1 amide bonds. The third-order valence-electron chi connectivity index (χ3n) is 3.46. The fourth-order valence-corrected chi connectivity index (χ4v) is 2.35. The van der Waals surface area contributed by atoms with Crippen LogP contribution in [0.15, 0.2) is 0 Å². The van der Waals surface area contributed by atoms with Gasteiger partial charge >= 0.3 is 0 Å². The number of nitrogens with zero attached hydrogens (tertiary/aromatic N) is 1. The highest BCUT2D eigenvalue weighted by molar-refractivity contribution is 5.81. The van der Waals surface area contributed by atoms with Crippen LogP contribution >= 0.6 is 0 Å². The maximum atomic E-state index is 11.8. The molecule has 1 saturated heterocycles. The summed E-state index contributed by atoms with van der Waals surface area (Å²) in [7, 11) is 1.65. The van der Waals surface area contributed by atoms with Crippen LogP contribution in [0.25, 0.3) is 0 Å². The van der Waals surface area contributed by atoms with E-state index in [0.29, 0.717) is 26.2 Å². The van der Waals surface area contributed by atoms with Crippen LogP contribution in [0, 0.1) is 0 Å². The van der Waals surface area contributed by atoms with Crippen molar-refractivity contribution >= 4 is 5.91 Å². The SMILES string of the molecule is CCCC1(O)CN(C(C)C(=O)NCCCOC)C1. The van der Waals surface area contributed by atoms with Gasteiger partial charge < -0.3 is 15.2 Å². The summed E-state index contributed by atoms with van der Waals surface area (Å²) in [6.45, 7) is 6.46. The number of amides is 1. The van der Waals surface area contributed by atoms with Crippen LogP contribution in [0.2, 0.25) is 0 Å². The molecule has 1 fully saturated rings. The van der Waals surface area contributed by atoms with Crippen molar-refractivity contribution < 1.29 is 14.6 Å². The zero-order chi connectivity index (χ0) is 13.6. The second-order valence-electron chi connectivity index (χ2n) is 5.19. The summed E-state index contributed by atoms with van der Waals surface area (Å²) in [6, 6.07) is -0.162. The van der Waals surface area contributed by atoms with Crippen molar-refractivity contribution in [2.45, 2.75) is 44.8 Å². The molecule has 1 unspecified atom stereocenters. The van der Waals surface area contributed by atoms with Gasteiger partial charge in [-0.3, -0.25) is 9.69 Å². The Morgan fingerprint density at radius 1 is 1.56 bits per heavy atom. The summed E-state index contributed by atoms with van der Waals surface area (Å²) in [4.78, 5) is 13.8. The summed E-state index contributed by atoms with van der Waals surface area (Å²) in [6.07, 6.45) is 2.61. The van der Waals surface area contributed by atoms with Gasteiger partial charge in [0.1, 0.15) is 0 Å². The lowest BCUT2D eigenvalue weighted by atomic mass is 9.88. The van der Waals surface area contributed by atoms with Crippen molar-refractivity contribution in [1.29, 1.82) is 0 Å². The van der Waals surface area contributed by atoms with Crippen LogP contribution in [0.5, 0.6) is 0 Å². The van der Waals surface area contributed by atoms with Gasteiger partial charge in [-0.05, 0) is 19.8 Å². The average molecular weight is 258 g/mol. The Kier molecular flexibility index (Phi) is 6.05. The fourth-order valence-electron chi connectivity index (χ4n) is 2.35. The van der Waals surface area contributed by atoms with Gasteiger partial charge in [-0.1, -0.05) is 13.3 Å². The molecule has 0 saturated carbocycles. The van der Waals surface area contributed by atoms with E-state index >= 15 is 0 Å². The molecule has 5 heteroatoms. The van der Waals surface area contributed by atoms with Gasteiger partial charge in [0.25, 0.3) is 0 Å². The maximum absolute atomic E-state index is 11.8. The van der Waals surface area contributed by atoms with Crippen molar-refractivity contribution in [3.63, 3.8) is 0 Å². The molecular weight excluding hydrogens is 232 g/mol. The molecule has 5 nitrogen and oxygen atoms in total. The van der Waals surface area contributed by atoms with Crippen molar-refractivity contribution in [3.05, 3.63) is 0 Å². The first-order valence-electron chi connectivity index (χ1n) is 6.75. The van der Waals surface area contributed by atoms with Crippen molar-refractivity contribution in [2.75, 3.05) is 33.4 Å². The van der Waals surface area contributed by atoms with Gasteiger partial charge in [0.15, 0.2) is 0 Å². The third-order valence-corrected chi connectivity index (χ3v) is 3.46. The second kappa shape index (κ2) is 7.07. The first-order chi connectivity index (χ1) is 8.52. The normalized spacial score (nSPS) is 20.2. The molecule has 0 aliphatic carbocycles. The van der Waals surface area contributed by atoms with Gasteiger partial charge in [-0.15, -0.1) is 0 Å². The highest BCUT2D eigenvalue weighted by atomic mass is 16.5. The Bertz CT molecular complexity index is 265. The highest BCUT2D eigenvalue weighted by Gasteiger charge is 2.43. The molecule has 0 spiro atoms. The molecule has 1 aliphatic heterocycles. The molecule has 2 N–H and O–H groups in total. The number of aliphatic hydroxyl groups is 1. The molecule has 1 heterocycles. The molecule has 0 aromatic rings. The van der Waals surface area contributed by atoms with Gasteiger partial charge in [0.05, 0.1) is 11.6 Å². The van der Waals surface area contributed by atoms with E-state index in [1.165, 1.54) is 0 Å². The van der Waals surface area contributed by atoms with E-state index in [9.17, 15) is 9.90 Å². The minimum absolute atomic E-state index is 0.0321. The molecule has 0 aromatic heterocycles. The van der Waals surface area contributed by atoms with Crippen molar-refractivity contribution in [3.8, 4) is 0 Å².